The molecule has 2 aliphatic rings. The predicted molar refractivity (Wildman–Crippen MR) is 101 cm³/mol. The smallest absolute Gasteiger partial charge is 0.224 e. The molecular weight excluding hydrogens is 324 g/mol. The Hall–Kier alpha value is -2.87. The number of amides is 1. The van der Waals surface area contributed by atoms with E-state index in [9.17, 15) is 4.79 Å². The number of hydrogen-bond donors (Lipinski definition) is 1. The van der Waals surface area contributed by atoms with Crippen molar-refractivity contribution in [1.82, 2.24) is 4.98 Å². The van der Waals surface area contributed by atoms with Gasteiger partial charge in [-0.25, -0.2) is 4.98 Å². The molecule has 1 saturated carbocycles. The van der Waals surface area contributed by atoms with E-state index in [0.717, 1.165) is 17.1 Å². The van der Waals surface area contributed by atoms with Crippen molar-refractivity contribution in [2.75, 3.05) is 10.2 Å². The van der Waals surface area contributed by atoms with Gasteiger partial charge in [-0.2, -0.15) is 5.26 Å². The second kappa shape index (κ2) is 6.45. The third-order valence-electron chi connectivity index (χ3n) is 5.53. The first-order chi connectivity index (χ1) is 12.6. The number of rotatable bonds is 3. The number of anilines is 2. The van der Waals surface area contributed by atoms with Crippen molar-refractivity contribution < 1.29 is 4.79 Å². The number of hydrogen-bond acceptors (Lipinski definition) is 4. The highest BCUT2D eigenvalue weighted by Crippen LogP contribution is 2.49. The van der Waals surface area contributed by atoms with Gasteiger partial charge in [-0.3, -0.25) is 4.79 Å². The largest absolute Gasteiger partial charge is 0.363 e. The van der Waals surface area contributed by atoms with Crippen molar-refractivity contribution in [3.63, 3.8) is 0 Å². The molecule has 4 rings (SSSR count). The first-order valence-electron chi connectivity index (χ1n) is 9.11. The van der Waals surface area contributed by atoms with Crippen LogP contribution in [0.3, 0.4) is 0 Å². The van der Waals surface area contributed by atoms with Crippen LogP contribution in [0.1, 0.15) is 43.9 Å². The summed E-state index contributed by atoms with van der Waals surface area (Å²) in [4.78, 5) is 18.8. The second-order valence-corrected chi connectivity index (χ2v) is 7.30. The number of carbonyl (C=O) groups is 1. The maximum atomic E-state index is 12.4. The second-order valence-electron chi connectivity index (χ2n) is 7.30. The summed E-state index contributed by atoms with van der Waals surface area (Å²) in [6.45, 7) is 3.88. The summed E-state index contributed by atoms with van der Waals surface area (Å²) < 4.78 is 0. The summed E-state index contributed by atoms with van der Waals surface area (Å²) >= 11 is 0. The third kappa shape index (κ3) is 2.82. The monoisotopic (exact) mass is 346 g/mol. The number of nitrogens with one attached hydrogen (secondary N) is 1. The van der Waals surface area contributed by atoms with Gasteiger partial charge in [-0.1, -0.05) is 25.1 Å². The maximum Gasteiger partial charge on any atom is 0.224 e. The van der Waals surface area contributed by atoms with Crippen molar-refractivity contribution in [2.24, 2.45) is 11.8 Å². The number of nitrogens with zero attached hydrogens (tertiary/aromatic N) is 3. The van der Waals surface area contributed by atoms with Crippen LogP contribution in [0.15, 0.2) is 42.6 Å². The van der Waals surface area contributed by atoms with Gasteiger partial charge in [-0.05, 0) is 42.5 Å². The molecule has 1 aliphatic carbocycles. The van der Waals surface area contributed by atoms with Crippen LogP contribution in [-0.4, -0.2) is 16.9 Å². The fraction of sp³-hybridized carbons (Fsp3) is 0.381. The van der Waals surface area contributed by atoms with E-state index < -0.39 is 0 Å². The van der Waals surface area contributed by atoms with Gasteiger partial charge in [0, 0.05) is 30.8 Å². The molecule has 3 atom stereocenters. The fourth-order valence-electron chi connectivity index (χ4n) is 4.22. The standard InChI is InChI=1S/C21H22N4O/c1-13-20(24-19-10-7-15(11-22)12-23-19)17-5-3-4-6-18(17)25(14(2)26)21(13)16-8-9-16/h3-7,10,12-13,16,20-21H,8-9H2,1-2H3,(H,23,24)/t13-,20-,21+/m1/s1. The Labute approximate surface area is 153 Å². The number of fused-ring (bicyclic) bond motifs is 1. The van der Waals surface area contributed by atoms with E-state index in [4.69, 9.17) is 5.26 Å². The average Bonchev–Trinajstić information content (AvgIpc) is 3.48. The highest BCUT2D eigenvalue weighted by Gasteiger charge is 2.47. The fourth-order valence-corrected chi connectivity index (χ4v) is 4.22. The molecule has 132 valence electrons. The van der Waals surface area contributed by atoms with Crippen LogP contribution in [-0.2, 0) is 4.79 Å². The van der Waals surface area contributed by atoms with E-state index >= 15 is 0 Å². The number of carbonyl (C=O) groups excluding carboxylic acids is 1. The van der Waals surface area contributed by atoms with Gasteiger partial charge in [-0.15, -0.1) is 0 Å². The number of aromatic nitrogens is 1. The lowest BCUT2D eigenvalue weighted by molar-refractivity contribution is -0.117. The van der Waals surface area contributed by atoms with E-state index in [-0.39, 0.29) is 23.9 Å². The minimum atomic E-state index is 0.0767. The van der Waals surface area contributed by atoms with Crippen molar-refractivity contribution in [2.45, 2.75) is 38.8 Å². The highest BCUT2D eigenvalue weighted by atomic mass is 16.2. The minimum absolute atomic E-state index is 0.0767. The van der Waals surface area contributed by atoms with Crippen LogP contribution in [0.2, 0.25) is 0 Å². The Kier molecular flexibility index (Phi) is 4.12. The molecule has 1 N–H and O–H groups in total. The van der Waals surface area contributed by atoms with Crippen LogP contribution in [0.5, 0.6) is 0 Å². The summed E-state index contributed by atoms with van der Waals surface area (Å²) in [7, 11) is 0. The molecule has 2 heterocycles. The number of benzene rings is 1. The molecule has 1 aliphatic heterocycles. The van der Waals surface area contributed by atoms with Gasteiger partial charge in [0.1, 0.15) is 11.9 Å². The molecule has 1 aromatic carbocycles. The molecule has 5 nitrogen and oxygen atoms in total. The highest BCUT2D eigenvalue weighted by molar-refractivity contribution is 5.94. The Morgan fingerprint density at radius 2 is 2.04 bits per heavy atom. The zero-order valence-corrected chi connectivity index (χ0v) is 15.0. The molecule has 0 unspecified atom stereocenters. The summed E-state index contributed by atoms with van der Waals surface area (Å²) in [6.07, 6.45) is 3.95. The number of nitriles is 1. The average molecular weight is 346 g/mol. The first-order valence-corrected chi connectivity index (χ1v) is 9.11. The minimum Gasteiger partial charge on any atom is -0.363 e. The van der Waals surface area contributed by atoms with Crippen molar-refractivity contribution in [3.8, 4) is 6.07 Å². The maximum absolute atomic E-state index is 12.4. The van der Waals surface area contributed by atoms with Gasteiger partial charge in [0.2, 0.25) is 5.91 Å². The van der Waals surface area contributed by atoms with Gasteiger partial charge in [0.15, 0.2) is 0 Å². The summed E-state index contributed by atoms with van der Waals surface area (Å²) in [5, 5.41) is 12.5. The quantitative estimate of drug-likeness (QED) is 0.915. The van der Waals surface area contributed by atoms with Crippen LogP contribution >= 0.6 is 0 Å². The first kappa shape index (κ1) is 16.6. The summed E-state index contributed by atoms with van der Waals surface area (Å²) in [5.41, 5.74) is 2.67. The van der Waals surface area contributed by atoms with Crippen molar-refractivity contribution >= 4 is 17.4 Å². The van der Waals surface area contributed by atoms with Crippen LogP contribution < -0.4 is 10.2 Å². The van der Waals surface area contributed by atoms with E-state index in [1.807, 2.05) is 29.2 Å². The van der Waals surface area contributed by atoms with Crippen molar-refractivity contribution in [3.05, 3.63) is 53.7 Å². The lowest BCUT2D eigenvalue weighted by Gasteiger charge is -2.45. The Morgan fingerprint density at radius 1 is 1.27 bits per heavy atom. The molecular formula is C21H22N4O. The predicted octanol–water partition coefficient (Wildman–Crippen LogP) is 3.89. The molecule has 0 spiro atoms. The molecule has 5 heteroatoms. The Bertz CT molecular complexity index is 866. The zero-order chi connectivity index (χ0) is 18.3. The van der Waals surface area contributed by atoms with Gasteiger partial charge in [0.05, 0.1) is 11.6 Å². The Morgan fingerprint density at radius 3 is 2.65 bits per heavy atom. The molecule has 0 bridgehead atoms. The Balaban J connectivity index is 1.74. The van der Waals surface area contributed by atoms with E-state index in [2.05, 4.69) is 29.4 Å². The lowest BCUT2D eigenvalue weighted by atomic mass is 9.80. The van der Waals surface area contributed by atoms with E-state index in [1.165, 1.54) is 12.8 Å². The molecule has 1 fully saturated rings. The number of pyridine rings is 1. The summed E-state index contributed by atoms with van der Waals surface area (Å²) in [6, 6.07) is 14.1. The SMILES string of the molecule is CC(=O)N1c2ccccc2[C@H](Nc2ccc(C#N)cn2)[C@@H](C)[C@H]1C1CC1. The molecule has 1 aromatic heterocycles. The molecule has 0 saturated heterocycles. The van der Waals surface area contributed by atoms with Crippen LogP contribution in [0.25, 0.3) is 0 Å². The normalized spacial score (nSPS) is 24.5. The molecule has 26 heavy (non-hydrogen) atoms. The zero-order valence-electron chi connectivity index (χ0n) is 15.0. The third-order valence-corrected chi connectivity index (χ3v) is 5.53. The molecule has 1 amide bonds. The summed E-state index contributed by atoms with van der Waals surface area (Å²) in [5.74, 6) is 1.69. The van der Waals surface area contributed by atoms with E-state index in [1.54, 1.807) is 19.2 Å². The topological polar surface area (TPSA) is 69.0 Å². The lowest BCUT2D eigenvalue weighted by Crippen LogP contribution is -2.51. The molecule has 2 aromatic rings. The van der Waals surface area contributed by atoms with Gasteiger partial charge >= 0.3 is 0 Å². The van der Waals surface area contributed by atoms with E-state index in [0.29, 0.717) is 11.5 Å². The van der Waals surface area contributed by atoms with Gasteiger partial charge in [0.25, 0.3) is 0 Å². The van der Waals surface area contributed by atoms with Gasteiger partial charge < -0.3 is 10.2 Å². The molecule has 0 radical (unpaired) electrons. The van der Waals surface area contributed by atoms with Crippen molar-refractivity contribution in [1.29, 1.82) is 5.26 Å². The van der Waals surface area contributed by atoms with Crippen LogP contribution in [0, 0.1) is 23.2 Å². The number of para-hydroxylation sites is 1. The van der Waals surface area contributed by atoms with Crippen LogP contribution in [0.4, 0.5) is 11.5 Å².